The van der Waals surface area contributed by atoms with E-state index in [9.17, 15) is 29.9 Å². The molecule has 0 aliphatic heterocycles. The lowest BCUT2D eigenvalue weighted by molar-refractivity contribution is -0.385. The van der Waals surface area contributed by atoms with Crippen molar-refractivity contribution >= 4 is 49.6 Å². The molecule has 0 fully saturated rings. The third kappa shape index (κ3) is 3.35. The Balaban J connectivity index is 1.72. The highest BCUT2D eigenvalue weighted by atomic mass is 35.5. The van der Waals surface area contributed by atoms with Gasteiger partial charge in [-0.1, -0.05) is 11.6 Å². The number of aromatic hydroxyl groups is 2. The highest BCUT2D eigenvalue weighted by Gasteiger charge is 2.25. The predicted molar refractivity (Wildman–Crippen MR) is 148 cm³/mol. The molecular formula is C28H18ClN3O7. The summed E-state index contributed by atoms with van der Waals surface area (Å²) in [7, 11) is 1.27. The van der Waals surface area contributed by atoms with Crippen molar-refractivity contribution in [2.24, 2.45) is 0 Å². The molecule has 194 valence electrons. The minimum Gasteiger partial charge on any atom is -0.494 e. The van der Waals surface area contributed by atoms with E-state index in [1.807, 2.05) is 0 Å². The van der Waals surface area contributed by atoms with Crippen LogP contribution in [0.3, 0.4) is 0 Å². The van der Waals surface area contributed by atoms with Crippen LogP contribution >= 0.6 is 11.6 Å². The van der Waals surface area contributed by atoms with Gasteiger partial charge in [-0.2, -0.15) is 0 Å². The first kappa shape index (κ1) is 24.3. The van der Waals surface area contributed by atoms with Crippen molar-refractivity contribution in [2.75, 3.05) is 7.11 Å². The van der Waals surface area contributed by atoms with Crippen LogP contribution in [0.1, 0.15) is 5.56 Å². The van der Waals surface area contributed by atoms with Gasteiger partial charge in [0.2, 0.25) is 11.8 Å². The quantitative estimate of drug-likeness (QED) is 0.178. The van der Waals surface area contributed by atoms with Crippen molar-refractivity contribution in [3.8, 4) is 28.9 Å². The molecule has 6 aromatic rings. The number of nitro benzene ring substituents is 1. The van der Waals surface area contributed by atoms with Gasteiger partial charge in [-0.15, -0.1) is 0 Å². The first-order valence-corrected chi connectivity index (χ1v) is 12.0. The van der Waals surface area contributed by atoms with Gasteiger partial charge in [0.05, 0.1) is 23.4 Å². The van der Waals surface area contributed by atoms with E-state index in [0.717, 1.165) is 9.13 Å². The summed E-state index contributed by atoms with van der Waals surface area (Å²) in [6, 6.07) is 15.1. The van der Waals surface area contributed by atoms with Gasteiger partial charge in [0, 0.05) is 49.5 Å². The number of nitrogens with zero attached hydrogens (tertiary/aromatic N) is 3. The van der Waals surface area contributed by atoms with Crippen LogP contribution in [-0.4, -0.2) is 31.4 Å². The molecule has 0 aliphatic carbocycles. The van der Waals surface area contributed by atoms with Gasteiger partial charge < -0.3 is 14.9 Å². The number of pyridine rings is 2. The van der Waals surface area contributed by atoms with Gasteiger partial charge >= 0.3 is 5.69 Å². The SMILES string of the molecule is COc1cc(-n2c(O)c3ccc4c(=O)n(-c5ccc(Cl)cc5)c(O)c5ccc(c2=O)c3c54)c(C)cc1[N+](=O)[O-]. The molecule has 0 radical (unpaired) electrons. The Morgan fingerprint density at radius 1 is 0.821 bits per heavy atom. The Kier molecular flexibility index (Phi) is 5.27. The van der Waals surface area contributed by atoms with Crippen LogP contribution in [0, 0.1) is 17.0 Å². The zero-order valence-corrected chi connectivity index (χ0v) is 21.2. The normalized spacial score (nSPS) is 11.6. The van der Waals surface area contributed by atoms with E-state index in [1.165, 1.54) is 43.5 Å². The average molecular weight is 544 g/mol. The molecule has 0 aliphatic rings. The molecule has 0 saturated carbocycles. The largest absolute Gasteiger partial charge is 0.494 e. The number of benzene rings is 4. The van der Waals surface area contributed by atoms with Crippen molar-refractivity contribution in [3.63, 3.8) is 0 Å². The maximum Gasteiger partial charge on any atom is 0.311 e. The van der Waals surface area contributed by atoms with E-state index in [-0.39, 0.29) is 39.2 Å². The van der Waals surface area contributed by atoms with Crippen molar-refractivity contribution in [2.45, 2.75) is 6.92 Å². The molecule has 2 aromatic heterocycles. The average Bonchev–Trinajstić information content (AvgIpc) is 2.92. The summed E-state index contributed by atoms with van der Waals surface area (Å²) < 4.78 is 7.38. The molecule has 4 aromatic carbocycles. The molecule has 11 heteroatoms. The van der Waals surface area contributed by atoms with E-state index in [1.54, 1.807) is 31.2 Å². The highest BCUT2D eigenvalue weighted by Crippen LogP contribution is 2.41. The summed E-state index contributed by atoms with van der Waals surface area (Å²) in [6.45, 7) is 1.58. The summed E-state index contributed by atoms with van der Waals surface area (Å²) in [5.41, 5.74) is -0.461. The van der Waals surface area contributed by atoms with Gasteiger partial charge in [0.25, 0.3) is 11.1 Å². The van der Waals surface area contributed by atoms with E-state index >= 15 is 0 Å². The lowest BCUT2D eigenvalue weighted by atomic mass is 9.96. The van der Waals surface area contributed by atoms with Crippen molar-refractivity contribution in [1.82, 2.24) is 9.13 Å². The molecule has 0 atom stereocenters. The van der Waals surface area contributed by atoms with Crippen LogP contribution in [0.5, 0.6) is 17.5 Å². The fraction of sp³-hybridized carbons (Fsp3) is 0.0714. The summed E-state index contributed by atoms with van der Waals surface area (Å²) in [5, 5.41) is 36.1. The Morgan fingerprint density at radius 2 is 1.33 bits per heavy atom. The fourth-order valence-corrected chi connectivity index (χ4v) is 5.29. The summed E-state index contributed by atoms with van der Waals surface area (Å²) in [4.78, 5) is 38.2. The predicted octanol–water partition coefficient (Wildman–Crippen LogP) is 5.18. The van der Waals surface area contributed by atoms with Gasteiger partial charge in [-0.3, -0.25) is 19.7 Å². The third-order valence-electron chi connectivity index (χ3n) is 6.95. The van der Waals surface area contributed by atoms with Crippen LogP contribution in [0.25, 0.3) is 43.7 Å². The lowest BCUT2D eigenvalue weighted by Gasteiger charge is -2.19. The highest BCUT2D eigenvalue weighted by molar-refractivity contribution is 6.30. The van der Waals surface area contributed by atoms with Crippen LogP contribution in [-0.2, 0) is 0 Å². The molecule has 10 nitrogen and oxygen atoms in total. The number of hydrogen-bond acceptors (Lipinski definition) is 7. The van der Waals surface area contributed by atoms with Crippen LogP contribution in [0.15, 0.2) is 70.3 Å². The number of ether oxygens (including phenoxy) is 1. The van der Waals surface area contributed by atoms with Gasteiger partial charge in [0.15, 0.2) is 5.75 Å². The van der Waals surface area contributed by atoms with Crippen molar-refractivity contribution < 1.29 is 19.9 Å². The van der Waals surface area contributed by atoms with Crippen molar-refractivity contribution in [1.29, 1.82) is 0 Å². The molecule has 6 rings (SSSR count). The molecular weight excluding hydrogens is 526 g/mol. The third-order valence-corrected chi connectivity index (χ3v) is 7.20. The van der Waals surface area contributed by atoms with Crippen LogP contribution < -0.4 is 15.9 Å². The maximum absolute atomic E-state index is 13.8. The second-order valence-corrected chi connectivity index (χ2v) is 9.48. The second kappa shape index (κ2) is 8.47. The van der Waals surface area contributed by atoms with Gasteiger partial charge in [0.1, 0.15) is 0 Å². The zero-order valence-electron chi connectivity index (χ0n) is 20.4. The molecule has 2 heterocycles. The Bertz CT molecular complexity index is 2110. The molecule has 0 unspecified atom stereocenters. The maximum atomic E-state index is 13.8. The van der Waals surface area contributed by atoms with E-state index in [0.29, 0.717) is 32.4 Å². The number of hydrogen-bond donors (Lipinski definition) is 2. The Morgan fingerprint density at radius 3 is 1.87 bits per heavy atom. The molecule has 2 N–H and O–H groups in total. The first-order valence-electron chi connectivity index (χ1n) is 11.6. The van der Waals surface area contributed by atoms with Crippen LogP contribution in [0.4, 0.5) is 5.69 Å². The Labute approximate surface area is 223 Å². The number of halogens is 1. The van der Waals surface area contributed by atoms with E-state index in [2.05, 4.69) is 0 Å². The van der Waals surface area contributed by atoms with Gasteiger partial charge in [-0.05, 0) is 61.0 Å². The number of methoxy groups -OCH3 is 1. The smallest absolute Gasteiger partial charge is 0.311 e. The van der Waals surface area contributed by atoms with E-state index in [4.69, 9.17) is 16.3 Å². The zero-order chi connectivity index (χ0) is 27.7. The number of rotatable bonds is 4. The fourth-order valence-electron chi connectivity index (χ4n) is 5.16. The summed E-state index contributed by atoms with van der Waals surface area (Å²) >= 11 is 5.99. The molecule has 0 spiro atoms. The molecule has 39 heavy (non-hydrogen) atoms. The van der Waals surface area contributed by atoms with Gasteiger partial charge in [-0.25, -0.2) is 9.13 Å². The minimum atomic E-state index is -0.616. The number of aromatic nitrogens is 2. The molecule has 0 bridgehead atoms. The Hall–Kier alpha value is -5.09. The standard InChI is InChI=1S/C28H18ClN3O7/c1-13-11-21(32(37)38)22(39-2)12-20(13)31-27(35)18-9-7-16-23-17(8-10-19(24(18)23)28(31)36)26(34)30(25(16)33)15-5-3-14(29)4-6-15/h3-12,33,36H,1-2H3. The molecule has 0 saturated heterocycles. The van der Waals surface area contributed by atoms with E-state index < -0.39 is 21.9 Å². The number of aryl methyl sites for hydroxylation is 1. The minimum absolute atomic E-state index is 0.0790. The first-order chi connectivity index (χ1) is 18.6. The lowest BCUT2D eigenvalue weighted by Crippen LogP contribution is -2.22. The second-order valence-electron chi connectivity index (χ2n) is 9.04. The monoisotopic (exact) mass is 543 g/mol. The number of nitro groups is 1. The summed E-state index contributed by atoms with van der Waals surface area (Å²) in [6.07, 6.45) is 0. The molecule has 0 amide bonds. The van der Waals surface area contributed by atoms with Crippen molar-refractivity contribution in [3.05, 3.63) is 102 Å². The summed E-state index contributed by atoms with van der Waals surface area (Å²) in [5.74, 6) is -0.837. The topological polar surface area (TPSA) is 137 Å². The van der Waals surface area contributed by atoms with Crippen LogP contribution in [0.2, 0.25) is 5.02 Å².